The average molecular weight is 216 g/mol. The van der Waals surface area contributed by atoms with Gasteiger partial charge in [-0.25, -0.2) is 8.42 Å². The lowest BCUT2D eigenvalue weighted by Crippen LogP contribution is -1.97. The summed E-state index contributed by atoms with van der Waals surface area (Å²) in [7, 11) is -3.05. The van der Waals surface area contributed by atoms with Gasteiger partial charge in [0.15, 0.2) is 9.84 Å². The summed E-state index contributed by atoms with van der Waals surface area (Å²) in [4.78, 5) is 0.371. The van der Waals surface area contributed by atoms with Gasteiger partial charge < -0.3 is 0 Å². The summed E-state index contributed by atoms with van der Waals surface area (Å²) in [6, 6.07) is 6.92. The summed E-state index contributed by atoms with van der Waals surface area (Å²) in [5, 5.41) is 0. The van der Waals surface area contributed by atoms with Crippen molar-refractivity contribution in [2.24, 2.45) is 0 Å². The molecule has 0 N–H and O–H groups in total. The van der Waals surface area contributed by atoms with Crippen LogP contribution in [0.4, 0.5) is 0 Å². The number of benzene rings is 1. The number of sulfone groups is 1. The van der Waals surface area contributed by atoms with Crippen LogP contribution >= 0.6 is 12.6 Å². The third-order valence-corrected chi connectivity index (χ3v) is 3.10. The van der Waals surface area contributed by atoms with Crippen LogP contribution in [0.3, 0.4) is 0 Å². The Kier molecular flexibility index (Phi) is 3.39. The van der Waals surface area contributed by atoms with Crippen molar-refractivity contribution in [2.45, 2.75) is 11.3 Å². The first-order valence-corrected chi connectivity index (χ1v) is 6.46. The molecular weight excluding hydrogens is 204 g/mol. The number of hydrogen-bond donors (Lipinski definition) is 1. The fourth-order valence-corrected chi connectivity index (χ4v) is 1.92. The molecule has 13 heavy (non-hydrogen) atoms. The first-order valence-electron chi connectivity index (χ1n) is 3.94. The monoisotopic (exact) mass is 216 g/mol. The Morgan fingerprint density at radius 1 is 1.23 bits per heavy atom. The molecule has 4 heteroatoms. The maximum atomic E-state index is 11.1. The van der Waals surface area contributed by atoms with Crippen molar-refractivity contribution >= 4 is 22.5 Å². The Balaban J connectivity index is 2.94. The molecule has 0 aliphatic carbocycles. The molecule has 0 bridgehead atoms. The molecule has 0 unspecified atom stereocenters. The Morgan fingerprint density at radius 3 is 2.15 bits per heavy atom. The van der Waals surface area contributed by atoms with Crippen molar-refractivity contribution in [1.29, 1.82) is 0 Å². The molecule has 0 aliphatic rings. The van der Waals surface area contributed by atoms with Crippen molar-refractivity contribution in [3.05, 3.63) is 29.8 Å². The SMILES string of the molecule is CS(=O)(=O)c1ccc(CCS)cc1. The summed E-state index contributed by atoms with van der Waals surface area (Å²) in [5.41, 5.74) is 1.11. The maximum Gasteiger partial charge on any atom is 0.175 e. The smallest absolute Gasteiger partial charge is 0.175 e. The standard InChI is InChI=1S/C9H12O2S2/c1-13(10,11)9-4-2-8(3-5-9)6-7-12/h2-5,12H,6-7H2,1H3. The molecule has 0 fully saturated rings. The lowest BCUT2D eigenvalue weighted by Gasteiger charge is -2.00. The topological polar surface area (TPSA) is 34.1 Å². The Labute approximate surface area is 84.3 Å². The van der Waals surface area contributed by atoms with Gasteiger partial charge in [-0.05, 0) is 29.9 Å². The lowest BCUT2D eigenvalue weighted by molar-refractivity contribution is 0.602. The number of thiol groups is 1. The summed E-state index contributed by atoms with van der Waals surface area (Å²) in [6.07, 6.45) is 2.08. The van der Waals surface area contributed by atoms with Crippen LogP contribution in [0.2, 0.25) is 0 Å². The zero-order chi connectivity index (χ0) is 9.90. The highest BCUT2D eigenvalue weighted by atomic mass is 32.2. The molecule has 0 aromatic heterocycles. The van der Waals surface area contributed by atoms with E-state index in [4.69, 9.17) is 0 Å². The van der Waals surface area contributed by atoms with Gasteiger partial charge in [0.2, 0.25) is 0 Å². The molecule has 1 rings (SSSR count). The van der Waals surface area contributed by atoms with Gasteiger partial charge in [0.05, 0.1) is 4.90 Å². The average Bonchev–Trinajstić information content (AvgIpc) is 2.04. The molecule has 72 valence electrons. The van der Waals surface area contributed by atoms with Crippen molar-refractivity contribution in [3.63, 3.8) is 0 Å². The minimum atomic E-state index is -3.05. The van der Waals surface area contributed by atoms with Crippen LogP contribution in [-0.4, -0.2) is 20.4 Å². The molecule has 0 atom stereocenters. The highest BCUT2D eigenvalue weighted by Crippen LogP contribution is 2.10. The summed E-state index contributed by atoms with van der Waals surface area (Å²) in [5.74, 6) is 0.776. The van der Waals surface area contributed by atoms with Gasteiger partial charge in [-0.15, -0.1) is 0 Å². The Hall–Kier alpha value is -0.480. The van der Waals surface area contributed by atoms with Gasteiger partial charge in [-0.2, -0.15) is 12.6 Å². The van der Waals surface area contributed by atoms with Gasteiger partial charge >= 0.3 is 0 Å². The van der Waals surface area contributed by atoms with E-state index in [2.05, 4.69) is 12.6 Å². The summed E-state index contributed by atoms with van der Waals surface area (Å²) >= 11 is 4.10. The first kappa shape index (κ1) is 10.6. The Bertz CT molecular complexity index is 365. The second kappa shape index (κ2) is 4.15. The predicted molar refractivity (Wildman–Crippen MR) is 57.1 cm³/mol. The van der Waals surface area contributed by atoms with E-state index < -0.39 is 9.84 Å². The molecule has 0 radical (unpaired) electrons. The Morgan fingerprint density at radius 2 is 1.77 bits per heavy atom. The van der Waals surface area contributed by atoms with Gasteiger partial charge in [-0.1, -0.05) is 12.1 Å². The van der Waals surface area contributed by atoms with Crippen LogP contribution in [0.15, 0.2) is 29.2 Å². The molecule has 0 saturated carbocycles. The van der Waals surface area contributed by atoms with Crippen LogP contribution in [0.5, 0.6) is 0 Å². The highest BCUT2D eigenvalue weighted by molar-refractivity contribution is 7.90. The van der Waals surface area contributed by atoms with Gasteiger partial charge in [0.1, 0.15) is 0 Å². The predicted octanol–water partition coefficient (Wildman–Crippen LogP) is 1.56. The van der Waals surface area contributed by atoms with E-state index in [1.54, 1.807) is 12.1 Å². The maximum absolute atomic E-state index is 11.1. The molecule has 1 aromatic carbocycles. The van der Waals surface area contributed by atoms with Crippen molar-refractivity contribution in [3.8, 4) is 0 Å². The minimum absolute atomic E-state index is 0.371. The van der Waals surface area contributed by atoms with Gasteiger partial charge in [0.25, 0.3) is 0 Å². The van der Waals surface area contributed by atoms with E-state index in [1.165, 1.54) is 6.26 Å². The fraction of sp³-hybridized carbons (Fsp3) is 0.333. The largest absolute Gasteiger partial charge is 0.224 e. The van der Waals surface area contributed by atoms with E-state index in [0.717, 1.165) is 17.7 Å². The van der Waals surface area contributed by atoms with Crippen LogP contribution in [0.1, 0.15) is 5.56 Å². The molecule has 0 amide bonds. The third kappa shape index (κ3) is 3.04. The van der Waals surface area contributed by atoms with E-state index in [-0.39, 0.29) is 0 Å². The molecule has 2 nitrogen and oxygen atoms in total. The van der Waals surface area contributed by atoms with E-state index >= 15 is 0 Å². The van der Waals surface area contributed by atoms with E-state index in [0.29, 0.717) is 4.90 Å². The van der Waals surface area contributed by atoms with Crippen LogP contribution in [0, 0.1) is 0 Å². The third-order valence-electron chi connectivity index (χ3n) is 1.75. The number of rotatable bonds is 3. The van der Waals surface area contributed by atoms with Crippen LogP contribution in [-0.2, 0) is 16.3 Å². The quantitative estimate of drug-likeness (QED) is 0.778. The number of hydrogen-bond acceptors (Lipinski definition) is 3. The van der Waals surface area contributed by atoms with E-state index in [9.17, 15) is 8.42 Å². The van der Waals surface area contributed by atoms with Crippen molar-refractivity contribution in [2.75, 3.05) is 12.0 Å². The second-order valence-corrected chi connectivity index (χ2v) is 5.35. The molecule has 0 spiro atoms. The van der Waals surface area contributed by atoms with Crippen LogP contribution in [0.25, 0.3) is 0 Å². The minimum Gasteiger partial charge on any atom is -0.224 e. The van der Waals surface area contributed by atoms with Gasteiger partial charge in [0, 0.05) is 6.26 Å². The molecular formula is C9H12O2S2. The fourth-order valence-electron chi connectivity index (χ4n) is 1.03. The number of aryl methyl sites for hydroxylation is 1. The molecule has 0 saturated heterocycles. The van der Waals surface area contributed by atoms with Crippen LogP contribution < -0.4 is 0 Å². The summed E-state index contributed by atoms with van der Waals surface area (Å²) in [6.45, 7) is 0. The lowest BCUT2D eigenvalue weighted by atomic mass is 10.2. The second-order valence-electron chi connectivity index (χ2n) is 2.89. The normalized spacial score (nSPS) is 11.5. The zero-order valence-electron chi connectivity index (χ0n) is 7.40. The highest BCUT2D eigenvalue weighted by Gasteiger charge is 2.05. The van der Waals surface area contributed by atoms with Crippen molar-refractivity contribution in [1.82, 2.24) is 0 Å². The molecule has 1 aromatic rings. The first-order chi connectivity index (χ1) is 6.04. The van der Waals surface area contributed by atoms with Crippen molar-refractivity contribution < 1.29 is 8.42 Å². The van der Waals surface area contributed by atoms with E-state index in [1.807, 2.05) is 12.1 Å². The summed E-state index contributed by atoms with van der Waals surface area (Å²) < 4.78 is 22.2. The molecule has 0 aliphatic heterocycles. The van der Waals surface area contributed by atoms with Gasteiger partial charge in [-0.3, -0.25) is 0 Å². The zero-order valence-corrected chi connectivity index (χ0v) is 9.11. The molecule has 0 heterocycles.